The first-order valence-electron chi connectivity index (χ1n) is 7.04. The van der Waals surface area contributed by atoms with Gasteiger partial charge in [0, 0.05) is 25.0 Å². The molecule has 98 valence electrons. The second-order valence-electron chi connectivity index (χ2n) is 5.31. The first-order chi connectivity index (χ1) is 8.31. The summed E-state index contributed by atoms with van der Waals surface area (Å²) in [7, 11) is 0. The summed E-state index contributed by atoms with van der Waals surface area (Å²) in [6.45, 7) is 2.77. The molecule has 0 aromatic heterocycles. The molecule has 2 rings (SSSR count). The van der Waals surface area contributed by atoms with E-state index in [1.807, 2.05) is 0 Å². The maximum atomic E-state index is 11.6. The molecule has 2 atom stereocenters. The Bertz CT molecular complexity index is 255. The lowest BCUT2D eigenvalue weighted by Gasteiger charge is -2.40. The van der Waals surface area contributed by atoms with Crippen molar-refractivity contribution < 1.29 is 4.79 Å². The standard InChI is InChI=1S/C13H25N3O/c14-7-6-11-4-1-2-9-16(11)12-5-3-8-15-13(17)10-12/h11-12H,1-10,14H2,(H,15,17). The molecule has 17 heavy (non-hydrogen) atoms. The van der Waals surface area contributed by atoms with Crippen LogP contribution in [0.3, 0.4) is 0 Å². The minimum atomic E-state index is 0.226. The largest absolute Gasteiger partial charge is 0.356 e. The Morgan fingerprint density at radius 2 is 2.18 bits per heavy atom. The molecule has 0 radical (unpaired) electrons. The van der Waals surface area contributed by atoms with E-state index in [1.165, 1.54) is 19.3 Å². The summed E-state index contributed by atoms with van der Waals surface area (Å²) in [6.07, 6.45) is 7.88. The zero-order chi connectivity index (χ0) is 12.1. The number of carbonyl (C=O) groups excluding carboxylic acids is 1. The van der Waals surface area contributed by atoms with Crippen molar-refractivity contribution in [2.45, 2.75) is 57.0 Å². The van der Waals surface area contributed by atoms with Gasteiger partial charge in [0.05, 0.1) is 0 Å². The van der Waals surface area contributed by atoms with E-state index in [0.717, 1.165) is 38.9 Å². The molecule has 0 saturated carbocycles. The molecular formula is C13H25N3O. The fourth-order valence-electron chi connectivity index (χ4n) is 3.24. The molecule has 2 heterocycles. The summed E-state index contributed by atoms with van der Waals surface area (Å²) in [4.78, 5) is 14.2. The molecule has 2 fully saturated rings. The van der Waals surface area contributed by atoms with Crippen LogP contribution in [-0.4, -0.2) is 42.5 Å². The van der Waals surface area contributed by atoms with Crippen molar-refractivity contribution in [3.05, 3.63) is 0 Å². The number of nitrogens with one attached hydrogen (secondary N) is 1. The van der Waals surface area contributed by atoms with Gasteiger partial charge in [-0.05, 0) is 45.2 Å². The van der Waals surface area contributed by atoms with E-state index >= 15 is 0 Å². The van der Waals surface area contributed by atoms with Crippen molar-refractivity contribution in [1.29, 1.82) is 0 Å². The smallest absolute Gasteiger partial charge is 0.221 e. The number of nitrogens with two attached hydrogens (primary N) is 1. The molecule has 4 nitrogen and oxygen atoms in total. The summed E-state index contributed by atoms with van der Waals surface area (Å²) in [5.74, 6) is 0.226. The zero-order valence-electron chi connectivity index (χ0n) is 10.7. The first kappa shape index (κ1) is 12.8. The summed E-state index contributed by atoms with van der Waals surface area (Å²) in [6, 6.07) is 1.07. The predicted molar refractivity (Wildman–Crippen MR) is 68.7 cm³/mol. The van der Waals surface area contributed by atoms with E-state index < -0.39 is 0 Å². The van der Waals surface area contributed by atoms with Gasteiger partial charge >= 0.3 is 0 Å². The van der Waals surface area contributed by atoms with Crippen LogP contribution in [0.4, 0.5) is 0 Å². The molecule has 0 bridgehead atoms. The van der Waals surface area contributed by atoms with Crippen molar-refractivity contribution in [1.82, 2.24) is 10.2 Å². The fraction of sp³-hybridized carbons (Fsp3) is 0.923. The molecule has 3 N–H and O–H groups in total. The lowest BCUT2D eigenvalue weighted by molar-refractivity contribution is -0.122. The summed E-state index contributed by atoms with van der Waals surface area (Å²) >= 11 is 0. The van der Waals surface area contributed by atoms with Gasteiger partial charge in [0.2, 0.25) is 5.91 Å². The van der Waals surface area contributed by atoms with Gasteiger partial charge in [-0.3, -0.25) is 9.69 Å². The number of piperidine rings is 1. The van der Waals surface area contributed by atoms with E-state index in [-0.39, 0.29) is 5.91 Å². The van der Waals surface area contributed by atoms with Crippen LogP contribution < -0.4 is 11.1 Å². The highest BCUT2D eigenvalue weighted by molar-refractivity contribution is 5.76. The Balaban J connectivity index is 1.98. The van der Waals surface area contributed by atoms with E-state index in [2.05, 4.69) is 10.2 Å². The number of carbonyl (C=O) groups is 1. The van der Waals surface area contributed by atoms with Crippen LogP contribution in [-0.2, 0) is 4.79 Å². The summed E-state index contributed by atoms with van der Waals surface area (Å²) in [5.41, 5.74) is 5.70. The first-order valence-corrected chi connectivity index (χ1v) is 7.04. The average Bonchev–Trinajstić information content (AvgIpc) is 2.55. The number of amides is 1. The van der Waals surface area contributed by atoms with Crippen molar-refractivity contribution in [2.75, 3.05) is 19.6 Å². The number of hydrogen-bond donors (Lipinski definition) is 2. The predicted octanol–water partition coefficient (Wildman–Crippen LogP) is 0.858. The Labute approximate surface area is 104 Å². The molecular weight excluding hydrogens is 214 g/mol. The zero-order valence-corrected chi connectivity index (χ0v) is 10.7. The van der Waals surface area contributed by atoms with Crippen LogP contribution in [0.25, 0.3) is 0 Å². The van der Waals surface area contributed by atoms with Crippen LogP contribution in [0.5, 0.6) is 0 Å². The van der Waals surface area contributed by atoms with Crippen molar-refractivity contribution >= 4 is 5.91 Å². The number of rotatable bonds is 3. The molecule has 0 aromatic carbocycles. The van der Waals surface area contributed by atoms with Crippen LogP contribution in [0.2, 0.25) is 0 Å². The highest BCUT2D eigenvalue weighted by atomic mass is 16.1. The van der Waals surface area contributed by atoms with E-state index in [4.69, 9.17) is 5.73 Å². The molecule has 2 aliphatic heterocycles. The second kappa shape index (κ2) is 6.36. The average molecular weight is 239 g/mol. The van der Waals surface area contributed by atoms with Crippen molar-refractivity contribution in [3.63, 3.8) is 0 Å². The highest BCUT2D eigenvalue weighted by Gasteiger charge is 2.30. The van der Waals surface area contributed by atoms with Gasteiger partial charge in [0.15, 0.2) is 0 Å². The molecule has 2 aliphatic rings. The van der Waals surface area contributed by atoms with Crippen LogP contribution in [0.15, 0.2) is 0 Å². The van der Waals surface area contributed by atoms with Gasteiger partial charge in [0.25, 0.3) is 0 Å². The monoisotopic (exact) mass is 239 g/mol. The topological polar surface area (TPSA) is 58.4 Å². The fourth-order valence-corrected chi connectivity index (χ4v) is 3.24. The summed E-state index contributed by atoms with van der Waals surface area (Å²) in [5, 5.41) is 2.97. The lowest BCUT2D eigenvalue weighted by atomic mass is 9.94. The van der Waals surface area contributed by atoms with Crippen molar-refractivity contribution in [2.24, 2.45) is 5.73 Å². The van der Waals surface area contributed by atoms with E-state index in [0.29, 0.717) is 18.5 Å². The third-order valence-electron chi connectivity index (χ3n) is 4.10. The normalized spacial score (nSPS) is 31.9. The maximum absolute atomic E-state index is 11.6. The Hall–Kier alpha value is -0.610. The molecule has 0 spiro atoms. The van der Waals surface area contributed by atoms with Gasteiger partial charge in [-0.2, -0.15) is 0 Å². The van der Waals surface area contributed by atoms with Crippen LogP contribution in [0, 0.1) is 0 Å². The number of likely N-dealkylation sites (tertiary alicyclic amines) is 1. The maximum Gasteiger partial charge on any atom is 0.221 e. The second-order valence-corrected chi connectivity index (χ2v) is 5.31. The van der Waals surface area contributed by atoms with E-state index in [9.17, 15) is 4.79 Å². The van der Waals surface area contributed by atoms with Crippen LogP contribution >= 0.6 is 0 Å². The van der Waals surface area contributed by atoms with Gasteiger partial charge in [0.1, 0.15) is 0 Å². The molecule has 1 amide bonds. The van der Waals surface area contributed by atoms with Gasteiger partial charge in [-0.15, -0.1) is 0 Å². The molecule has 2 saturated heterocycles. The SMILES string of the molecule is NCCC1CCCCN1C1CCCNC(=O)C1. The van der Waals surface area contributed by atoms with Crippen molar-refractivity contribution in [3.8, 4) is 0 Å². The molecule has 0 aromatic rings. The molecule has 4 heteroatoms. The quantitative estimate of drug-likeness (QED) is 0.768. The number of hydrogen-bond acceptors (Lipinski definition) is 3. The molecule has 0 aliphatic carbocycles. The third kappa shape index (κ3) is 3.42. The highest BCUT2D eigenvalue weighted by Crippen LogP contribution is 2.25. The Morgan fingerprint density at radius 3 is 3.00 bits per heavy atom. The minimum Gasteiger partial charge on any atom is -0.356 e. The Morgan fingerprint density at radius 1 is 1.29 bits per heavy atom. The minimum absolute atomic E-state index is 0.226. The summed E-state index contributed by atoms with van der Waals surface area (Å²) < 4.78 is 0. The van der Waals surface area contributed by atoms with Gasteiger partial charge in [-0.25, -0.2) is 0 Å². The lowest BCUT2D eigenvalue weighted by Crippen LogP contribution is -2.47. The molecule has 2 unspecified atom stereocenters. The van der Waals surface area contributed by atoms with Crippen LogP contribution in [0.1, 0.15) is 44.9 Å². The number of nitrogens with zero attached hydrogens (tertiary/aromatic N) is 1. The van der Waals surface area contributed by atoms with Gasteiger partial charge < -0.3 is 11.1 Å². The Kier molecular flexibility index (Phi) is 4.80. The third-order valence-corrected chi connectivity index (χ3v) is 4.10. The van der Waals surface area contributed by atoms with E-state index in [1.54, 1.807) is 0 Å². The van der Waals surface area contributed by atoms with Gasteiger partial charge in [-0.1, -0.05) is 6.42 Å².